The third-order valence-electron chi connectivity index (χ3n) is 5.04. The average Bonchev–Trinajstić information content (AvgIpc) is 2.75. The second kappa shape index (κ2) is 12.5. The van der Waals surface area contributed by atoms with Crippen molar-refractivity contribution in [2.75, 3.05) is 0 Å². The van der Waals surface area contributed by atoms with E-state index in [1.807, 2.05) is 24.3 Å². The first-order chi connectivity index (χ1) is 14.5. The van der Waals surface area contributed by atoms with E-state index in [1.165, 1.54) is 63.1 Å². The molecule has 158 valence electrons. The molecule has 0 unspecified atom stereocenters. The van der Waals surface area contributed by atoms with Crippen molar-refractivity contribution < 1.29 is 19.8 Å². The van der Waals surface area contributed by atoms with Gasteiger partial charge in [0.2, 0.25) is 0 Å². The van der Waals surface area contributed by atoms with Crippen LogP contribution in [0.3, 0.4) is 0 Å². The van der Waals surface area contributed by atoms with Gasteiger partial charge in [-0.3, -0.25) is 0 Å². The predicted octanol–water partition coefficient (Wildman–Crippen LogP) is 6.63. The molecule has 0 saturated carbocycles. The molecule has 0 heterocycles. The van der Waals surface area contributed by atoms with Crippen LogP contribution in [0.4, 0.5) is 0 Å². The Morgan fingerprint density at radius 2 is 1.37 bits per heavy atom. The summed E-state index contributed by atoms with van der Waals surface area (Å²) in [5.41, 5.74) is 1.96. The zero-order chi connectivity index (χ0) is 21.8. The van der Waals surface area contributed by atoms with Crippen LogP contribution >= 0.6 is 0 Å². The van der Waals surface area contributed by atoms with Crippen LogP contribution < -0.4 is 0 Å². The Bertz CT molecular complexity index is 886. The molecule has 2 aromatic rings. The van der Waals surface area contributed by atoms with E-state index < -0.39 is 11.9 Å². The monoisotopic (exact) mass is 406 g/mol. The van der Waals surface area contributed by atoms with Crippen LogP contribution in [0.2, 0.25) is 0 Å². The van der Waals surface area contributed by atoms with Crippen LogP contribution in [0.1, 0.15) is 91.0 Å². The van der Waals surface area contributed by atoms with E-state index >= 15 is 0 Å². The zero-order valence-electron chi connectivity index (χ0n) is 17.6. The van der Waals surface area contributed by atoms with Crippen molar-refractivity contribution in [2.45, 2.75) is 64.7 Å². The quantitative estimate of drug-likeness (QED) is 0.324. The summed E-state index contributed by atoms with van der Waals surface area (Å²) >= 11 is 0. The zero-order valence-corrected chi connectivity index (χ0v) is 17.6. The molecule has 0 spiro atoms. The fourth-order valence-corrected chi connectivity index (χ4v) is 3.38. The fraction of sp³-hybridized carbons (Fsp3) is 0.385. The van der Waals surface area contributed by atoms with Gasteiger partial charge in [-0.15, -0.1) is 0 Å². The highest BCUT2D eigenvalue weighted by atomic mass is 16.4. The lowest BCUT2D eigenvalue weighted by atomic mass is 9.96. The molecular formula is C26H30O4. The lowest BCUT2D eigenvalue weighted by molar-refractivity contribution is 0.0696. The Morgan fingerprint density at radius 1 is 0.800 bits per heavy atom. The Balaban J connectivity index is 2.05. The summed E-state index contributed by atoms with van der Waals surface area (Å²) in [4.78, 5) is 22.8. The van der Waals surface area contributed by atoms with Crippen molar-refractivity contribution in [2.24, 2.45) is 0 Å². The highest BCUT2D eigenvalue weighted by Crippen LogP contribution is 2.26. The van der Waals surface area contributed by atoms with Gasteiger partial charge in [-0.05, 0) is 41.8 Å². The molecule has 0 fully saturated rings. The molecule has 0 amide bonds. The van der Waals surface area contributed by atoms with Gasteiger partial charge in [0.1, 0.15) is 0 Å². The summed E-state index contributed by atoms with van der Waals surface area (Å²) in [7, 11) is 0. The SMILES string of the molecule is CCCCCCCCCCC#Cc1ccccc1-c1cc(C(=O)O)cc(C(=O)O)c1. The molecule has 0 aliphatic heterocycles. The average molecular weight is 407 g/mol. The van der Waals surface area contributed by atoms with Gasteiger partial charge in [0.05, 0.1) is 11.1 Å². The maximum atomic E-state index is 11.4. The van der Waals surface area contributed by atoms with E-state index in [1.54, 1.807) is 0 Å². The molecule has 0 aliphatic carbocycles. The minimum absolute atomic E-state index is 0.0494. The molecule has 0 radical (unpaired) electrons. The van der Waals surface area contributed by atoms with Crippen LogP contribution in [0, 0.1) is 11.8 Å². The van der Waals surface area contributed by atoms with Gasteiger partial charge in [-0.1, -0.05) is 81.9 Å². The Kier molecular flexibility index (Phi) is 9.67. The van der Waals surface area contributed by atoms with E-state index in [2.05, 4.69) is 18.8 Å². The minimum Gasteiger partial charge on any atom is -0.478 e. The topological polar surface area (TPSA) is 74.6 Å². The number of hydrogen-bond donors (Lipinski definition) is 2. The number of rotatable bonds is 11. The molecule has 4 nitrogen and oxygen atoms in total. The van der Waals surface area contributed by atoms with E-state index in [4.69, 9.17) is 0 Å². The standard InChI is InChI=1S/C26H30O4/c1-2-3-4-5-6-7-8-9-10-11-14-20-15-12-13-16-24(20)21-17-22(25(27)28)19-23(18-21)26(29)30/h12-13,15-19H,2-10H2,1H3,(H,27,28)(H,29,30). The lowest BCUT2D eigenvalue weighted by Gasteiger charge is -2.08. The second-order valence-electron chi connectivity index (χ2n) is 7.48. The number of hydrogen-bond acceptors (Lipinski definition) is 2. The van der Waals surface area contributed by atoms with E-state index in [0.717, 1.165) is 24.0 Å². The van der Waals surface area contributed by atoms with Gasteiger partial charge >= 0.3 is 11.9 Å². The largest absolute Gasteiger partial charge is 0.478 e. The highest BCUT2D eigenvalue weighted by molar-refractivity contribution is 5.96. The lowest BCUT2D eigenvalue weighted by Crippen LogP contribution is -2.03. The van der Waals surface area contributed by atoms with E-state index in [9.17, 15) is 19.8 Å². The van der Waals surface area contributed by atoms with E-state index in [0.29, 0.717) is 5.56 Å². The summed E-state index contributed by atoms with van der Waals surface area (Å²) in [5.74, 6) is 4.09. The van der Waals surface area contributed by atoms with Crippen molar-refractivity contribution >= 4 is 11.9 Å². The molecule has 0 aromatic heterocycles. The van der Waals surface area contributed by atoms with Crippen LogP contribution in [0.15, 0.2) is 42.5 Å². The first kappa shape index (κ1) is 23.2. The van der Waals surface area contributed by atoms with Crippen LogP contribution in [-0.2, 0) is 0 Å². The number of aromatic carboxylic acids is 2. The van der Waals surface area contributed by atoms with Crippen molar-refractivity contribution in [1.29, 1.82) is 0 Å². The molecule has 0 aliphatic rings. The summed E-state index contributed by atoms with van der Waals surface area (Å²) in [6, 6.07) is 11.6. The van der Waals surface area contributed by atoms with Gasteiger partial charge in [-0.2, -0.15) is 0 Å². The first-order valence-corrected chi connectivity index (χ1v) is 10.7. The number of carboxylic acid groups (broad SMARTS) is 2. The summed E-state index contributed by atoms with van der Waals surface area (Å²) in [6.45, 7) is 2.23. The predicted molar refractivity (Wildman–Crippen MR) is 120 cm³/mol. The molecule has 2 N–H and O–H groups in total. The van der Waals surface area contributed by atoms with Gasteiger partial charge in [-0.25, -0.2) is 9.59 Å². The number of unbranched alkanes of at least 4 members (excludes halogenated alkanes) is 8. The van der Waals surface area contributed by atoms with Gasteiger partial charge < -0.3 is 10.2 Å². The van der Waals surface area contributed by atoms with Crippen molar-refractivity contribution in [3.8, 4) is 23.0 Å². The molecule has 0 bridgehead atoms. The molecule has 2 rings (SSSR count). The maximum Gasteiger partial charge on any atom is 0.335 e. The van der Waals surface area contributed by atoms with E-state index in [-0.39, 0.29) is 11.1 Å². The molecule has 30 heavy (non-hydrogen) atoms. The van der Waals surface area contributed by atoms with Gasteiger partial charge in [0.25, 0.3) is 0 Å². The minimum atomic E-state index is -1.15. The molecule has 2 aromatic carbocycles. The first-order valence-electron chi connectivity index (χ1n) is 10.7. The van der Waals surface area contributed by atoms with Crippen LogP contribution in [0.25, 0.3) is 11.1 Å². The van der Waals surface area contributed by atoms with Crippen molar-refractivity contribution in [3.05, 3.63) is 59.2 Å². The highest BCUT2D eigenvalue weighted by Gasteiger charge is 2.13. The third-order valence-corrected chi connectivity index (χ3v) is 5.04. The normalized spacial score (nSPS) is 10.3. The summed E-state index contributed by atoms with van der Waals surface area (Å²) in [5, 5.41) is 18.6. The van der Waals surface area contributed by atoms with Crippen molar-refractivity contribution in [1.82, 2.24) is 0 Å². The Morgan fingerprint density at radius 3 is 1.97 bits per heavy atom. The van der Waals surface area contributed by atoms with Gasteiger partial charge in [0, 0.05) is 12.0 Å². The van der Waals surface area contributed by atoms with Crippen molar-refractivity contribution in [3.63, 3.8) is 0 Å². The van der Waals surface area contributed by atoms with Gasteiger partial charge in [0.15, 0.2) is 0 Å². The summed E-state index contributed by atoms with van der Waals surface area (Å²) < 4.78 is 0. The van der Waals surface area contributed by atoms with Crippen LogP contribution in [-0.4, -0.2) is 22.2 Å². The number of carbonyl (C=O) groups is 2. The second-order valence-corrected chi connectivity index (χ2v) is 7.48. The smallest absolute Gasteiger partial charge is 0.335 e. The molecule has 0 saturated heterocycles. The molecule has 4 heteroatoms. The van der Waals surface area contributed by atoms with Crippen LogP contribution in [0.5, 0.6) is 0 Å². The number of benzene rings is 2. The molecular weight excluding hydrogens is 376 g/mol. The molecule has 0 atom stereocenters. The third kappa shape index (κ3) is 7.40. The summed E-state index contributed by atoms with van der Waals surface area (Å²) in [6.07, 6.45) is 10.9. The Hall–Kier alpha value is -3.06. The Labute approximate surface area is 179 Å². The fourth-order valence-electron chi connectivity index (χ4n) is 3.38. The maximum absolute atomic E-state index is 11.4. The number of carboxylic acids is 2.